The van der Waals surface area contributed by atoms with Gasteiger partial charge in [-0.15, -0.1) is 0 Å². The van der Waals surface area contributed by atoms with Crippen LogP contribution in [0.25, 0.3) is 0 Å². The minimum absolute atomic E-state index is 0.120. The summed E-state index contributed by atoms with van der Waals surface area (Å²) in [7, 11) is 0. The summed E-state index contributed by atoms with van der Waals surface area (Å²) in [6.45, 7) is 0. The van der Waals surface area contributed by atoms with Gasteiger partial charge >= 0.3 is 72.8 Å². The fraction of sp³-hybridized carbons (Fsp3) is 0. The predicted octanol–water partition coefficient (Wildman–Crippen LogP) is -0.497. The topological polar surface area (TPSA) is 74.6 Å². The van der Waals surface area contributed by atoms with Gasteiger partial charge < -0.3 is 0 Å². The average molecular weight is 229 g/mol. The predicted molar refractivity (Wildman–Crippen MR) is 41.7 cm³/mol. The number of hydrogen-bond donors (Lipinski definition) is 2. The van der Waals surface area contributed by atoms with E-state index in [4.69, 9.17) is 9.20 Å². The van der Waals surface area contributed by atoms with Gasteiger partial charge in [-0.1, -0.05) is 0 Å². The molecule has 0 bridgehead atoms. The molecule has 0 aliphatic rings. The van der Waals surface area contributed by atoms with Crippen LogP contribution in [0.4, 0.5) is 0 Å². The number of rotatable bonds is 2. The molecule has 0 saturated carbocycles. The molecule has 1 atom stereocenters. The van der Waals surface area contributed by atoms with E-state index in [1.807, 2.05) is 0 Å². The molecule has 1 rings (SSSR count). The van der Waals surface area contributed by atoms with Gasteiger partial charge in [0.2, 0.25) is 0 Å². The molecule has 0 fully saturated rings. The van der Waals surface area contributed by atoms with Crippen molar-refractivity contribution in [3.63, 3.8) is 0 Å². The van der Waals surface area contributed by atoms with Gasteiger partial charge in [0.25, 0.3) is 0 Å². The van der Waals surface area contributed by atoms with Crippen molar-refractivity contribution in [2.45, 2.75) is 0 Å². The molecule has 4 nitrogen and oxygen atoms in total. The van der Waals surface area contributed by atoms with Crippen LogP contribution in [0, 0.1) is 0 Å². The van der Waals surface area contributed by atoms with Gasteiger partial charge in [0, 0.05) is 0 Å². The van der Waals surface area contributed by atoms with Gasteiger partial charge in [0.1, 0.15) is 0 Å². The third-order valence-corrected chi connectivity index (χ3v) is 2.89. The number of carboxylic acid groups (broad SMARTS) is 1. The molecule has 0 heterocycles. The van der Waals surface area contributed by atoms with E-state index < -0.39 is 20.9 Å². The second kappa shape index (κ2) is 3.61. The van der Waals surface area contributed by atoms with E-state index >= 15 is 0 Å². The van der Waals surface area contributed by atoms with E-state index in [9.17, 15) is 8.53 Å². The third kappa shape index (κ3) is 2.00. The summed E-state index contributed by atoms with van der Waals surface area (Å²) in [6, 6.07) is 5.34. The van der Waals surface area contributed by atoms with E-state index in [2.05, 4.69) is 0 Å². The average Bonchev–Trinajstić information content (AvgIpc) is 2.04. The summed E-state index contributed by atoms with van der Waals surface area (Å²) in [5.41, 5.74) is 0.120. The van der Waals surface area contributed by atoms with Crippen molar-refractivity contribution in [1.82, 2.24) is 0 Å². The van der Waals surface area contributed by atoms with Crippen LogP contribution in [0.2, 0.25) is 0 Å². The van der Waals surface area contributed by atoms with Gasteiger partial charge in [-0.05, 0) is 0 Å². The number of hydrogen-bond acceptors (Lipinski definition) is 2. The molecule has 63 valence electrons. The molecule has 0 aliphatic carbocycles. The third-order valence-electron chi connectivity index (χ3n) is 1.34. The van der Waals surface area contributed by atoms with Gasteiger partial charge in [-0.2, -0.15) is 0 Å². The van der Waals surface area contributed by atoms with Crippen molar-refractivity contribution in [3.05, 3.63) is 29.8 Å². The maximum atomic E-state index is 10.6. The van der Waals surface area contributed by atoms with Crippen LogP contribution in [0.1, 0.15) is 10.4 Å². The molecule has 1 aromatic rings. The van der Waals surface area contributed by atoms with Crippen molar-refractivity contribution >= 4 is 25.3 Å². The molecule has 5 heteroatoms. The fourth-order valence-electron chi connectivity index (χ4n) is 0.732. The Morgan fingerprint density at radius 1 is 1.25 bits per heavy atom. The van der Waals surface area contributed by atoms with Gasteiger partial charge in [-0.25, -0.2) is 0 Å². The molecule has 0 saturated heterocycles. The zero-order valence-corrected chi connectivity index (χ0v) is 7.84. The second-order valence-electron chi connectivity index (χ2n) is 2.12. The Kier molecular flexibility index (Phi) is 2.73. The number of aromatic carboxylic acids is 1. The summed E-state index contributed by atoms with van der Waals surface area (Å²) < 4.78 is 19.6. The summed E-state index contributed by atoms with van der Waals surface area (Å²) in [6.07, 6.45) is 0. The van der Waals surface area contributed by atoms with Crippen LogP contribution in [-0.4, -0.2) is 30.1 Å². The molecule has 0 spiro atoms. The van der Waals surface area contributed by atoms with Crippen LogP contribution in [-0.2, 0) is 3.74 Å². The van der Waals surface area contributed by atoms with Crippen molar-refractivity contribution < 1.29 is 17.7 Å². The van der Waals surface area contributed by atoms with Crippen molar-refractivity contribution in [2.75, 3.05) is 0 Å². The first kappa shape index (κ1) is 9.10. The van der Waals surface area contributed by atoms with Crippen LogP contribution in [0.5, 0.6) is 0 Å². The quantitative estimate of drug-likeness (QED) is 0.670. The SMILES string of the molecule is O=C(O)c1ccc([As](=O)O)cc1. The maximum absolute atomic E-state index is 10.6. The van der Waals surface area contributed by atoms with Gasteiger partial charge in [-0.3, -0.25) is 0 Å². The molecule has 0 aliphatic heterocycles. The molecule has 0 amide bonds. The zero-order valence-electron chi connectivity index (χ0n) is 5.97. The Labute approximate surface area is 73.3 Å². The molecule has 12 heavy (non-hydrogen) atoms. The Balaban J connectivity index is 3.01. The normalized spacial score (nSPS) is 10.9. The Hall–Kier alpha value is -0.992. The van der Waals surface area contributed by atoms with Crippen LogP contribution in [0.15, 0.2) is 24.3 Å². The van der Waals surface area contributed by atoms with Gasteiger partial charge in [0.15, 0.2) is 0 Å². The molecular weight excluding hydrogens is 223 g/mol. The number of carboxylic acids is 1. The van der Waals surface area contributed by atoms with Crippen LogP contribution < -0.4 is 4.35 Å². The Morgan fingerprint density at radius 3 is 2.08 bits per heavy atom. The van der Waals surface area contributed by atoms with E-state index in [0.29, 0.717) is 4.35 Å². The minimum atomic E-state index is -3.09. The van der Waals surface area contributed by atoms with E-state index in [1.54, 1.807) is 0 Å². The van der Waals surface area contributed by atoms with E-state index in [1.165, 1.54) is 24.3 Å². The fourth-order valence-corrected chi connectivity index (χ4v) is 1.58. The first-order valence-electron chi connectivity index (χ1n) is 3.11. The van der Waals surface area contributed by atoms with E-state index in [0.717, 1.165) is 0 Å². The monoisotopic (exact) mass is 229 g/mol. The Bertz CT molecular complexity index is 284. The van der Waals surface area contributed by atoms with Crippen molar-refractivity contribution in [2.24, 2.45) is 0 Å². The first-order valence-corrected chi connectivity index (χ1v) is 5.65. The molecule has 1 aromatic carbocycles. The molecule has 2 N–H and O–H groups in total. The standard InChI is InChI=1S/C7H6AsO4/c9-7(10)5-1-3-6(4-2-5)8(11)12/h1-4H,(H,9,10)(H,11,12). The van der Waals surface area contributed by atoms with Crippen LogP contribution >= 0.6 is 0 Å². The molecule has 1 radical (unpaired) electrons. The van der Waals surface area contributed by atoms with Gasteiger partial charge in [0.05, 0.1) is 0 Å². The van der Waals surface area contributed by atoms with Crippen LogP contribution in [0.3, 0.4) is 0 Å². The molecule has 1 unspecified atom stereocenters. The number of carbonyl (C=O) groups is 1. The van der Waals surface area contributed by atoms with E-state index in [-0.39, 0.29) is 5.56 Å². The Morgan fingerprint density at radius 2 is 1.75 bits per heavy atom. The first-order chi connectivity index (χ1) is 5.61. The summed E-state index contributed by atoms with van der Waals surface area (Å²) >= 11 is -3.09. The zero-order chi connectivity index (χ0) is 9.14. The number of benzene rings is 1. The second-order valence-corrected chi connectivity index (χ2v) is 4.35. The van der Waals surface area contributed by atoms with Crippen molar-refractivity contribution in [1.29, 1.82) is 0 Å². The summed E-state index contributed by atoms with van der Waals surface area (Å²) in [4.78, 5) is 10.4. The summed E-state index contributed by atoms with van der Waals surface area (Å²) in [5, 5.41) is 8.49. The molecule has 0 aromatic heterocycles. The molecular formula is C7H6AsO4. The summed E-state index contributed by atoms with van der Waals surface area (Å²) in [5.74, 6) is -1.04. The van der Waals surface area contributed by atoms with Crippen molar-refractivity contribution in [3.8, 4) is 0 Å².